The number of para-hydroxylation sites is 1. The van der Waals surface area contributed by atoms with Gasteiger partial charge in [-0.05, 0) is 58.1 Å². The van der Waals surface area contributed by atoms with E-state index in [2.05, 4.69) is 168 Å². The molecule has 0 radical (unpaired) electrons. The predicted octanol–water partition coefficient (Wildman–Crippen LogP) is 12.7. The van der Waals surface area contributed by atoms with Crippen LogP contribution >= 0.6 is 0 Å². The molecule has 266 valence electrons. The predicted molar refractivity (Wildman–Crippen MR) is 230 cm³/mol. The zero-order chi connectivity index (χ0) is 37.5. The maximum absolute atomic E-state index is 6.70. The lowest BCUT2D eigenvalue weighted by molar-refractivity contribution is 0.516. The summed E-state index contributed by atoms with van der Waals surface area (Å²) in [7, 11) is 0. The molecule has 57 heavy (non-hydrogen) atoms. The van der Waals surface area contributed by atoms with E-state index in [1.54, 1.807) is 0 Å². The standard InChI is InChI=1S/C52H32N4O/c1-4-14-33(15-5-1)34-26-28-35(29-27-34)37-30-31-44-41(32-37)39-20-10-11-23-43(39)56(44)52(38-18-8-3-9-19-38)42-22-13-25-46-48(42)47-40(21-12-24-45(47)57-46)50-53-49(54-51(52)55-50)36-16-6-2-7-17-36/h1-32H. The SMILES string of the molecule is c1ccc(-c2ccc(-c3ccc4c(c3)c3ccccc3n4C3(c4ccccc4)c4nc(-c5ccccc5)nc(n4)-c4cccc5oc6cccc3c6c45)cc2)cc1. The lowest BCUT2D eigenvalue weighted by Crippen LogP contribution is -2.40. The van der Waals surface area contributed by atoms with E-state index < -0.39 is 5.54 Å². The fourth-order valence-electron chi connectivity index (χ4n) is 9.16. The second kappa shape index (κ2) is 12.2. The summed E-state index contributed by atoms with van der Waals surface area (Å²) in [6.45, 7) is 0. The Morgan fingerprint density at radius 2 is 0.982 bits per heavy atom. The Hall–Kier alpha value is -7.63. The second-order valence-corrected chi connectivity index (χ2v) is 14.7. The molecular formula is C52H32N4O. The van der Waals surface area contributed by atoms with E-state index in [0.29, 0.717) is 17.5 Å². The van der Waals surface area contributed by atoms with Crippen molar-refractivity contribution in [3.63, 3.8) is 0 Å². The van der Waals surface area contributed by atoms with Gasteiger partial charge in [0.1, 0.15) is 11.2 Å². The number of aromatic nitrogens is 4. The smallest absolute Gasteiger partial charge is 0.168 e. The van der Waals surface area contributed by atoms with Crippen molar-refractivity contribution in [2.45, 2.75) is 5.54 Å². The lowest BCUT2D eigenvalue weighted by atomic mass is 9.78. The average Bonchev–Trinajstić information content (AvgIpc) is 3.84. The van der Waals surface area contributed by atoms with Crippen molar-refractivity contribution in [2.75, 3.05) is 0 Å². The Kier molecular flexibility index (Phi) is 6.78. The van der Waals surface area contributed by atoms with Gasteiger partial charge in [-0.1, -0.05) is 164 Å². The summed E-state index contributed by atoms with van der Waals surface area (Å²) in [5, 5.41) is 4.33. The maximum Gasteiger partial charge on any atom is 0.168 e. The van der Waals surface area contributed by atoms with Crippen LogP contribution in [0.25, 0.3) is 88.8 Å². The Balaban J connectivity index is 1.22. The number of benzene rings is 8. The van der Waals surface area contributed by atoms with Crippen molar-refractivity contribution in [2.24, 2.45) is 0 Å². The Morgan fingerprint density at radius 3 is 1.75 bits per heavy atom. The number of fused-ring (bicyclic) bond motifs is 6. The molecule has 0 fully saturated rings. The molecule has 5 nitrogen and oxygen atoms in total. The molecular weight excluding hydrogens is 697 g/mol. The molecule has 0 spiro atoms. The molecule has 12 rings (SSSR count). The summed E-state index contributed by atoms with van der Waals surface area (Å²) >= 11 is 0. The van der Waals surface area contributed by atoms with Gasteiger partial charge in [-0.25, -0.2) is 15.0 Å². The second-order valence-electron chi connectivity index (χ2n) is 14.7. The van der Waals surface area contributed by atoms with E-state index in [9.17, 15) is 0 Å². The van der Waals surface area contributed by atoms with Crippen LogP contribution < -0.4 is 0 Å². The number of hydrogen-bond donors (Lipinski definition) is 0. The zero-order valence-corrected chi connectivity index (χ0v) is 30.7. The van der Waals surface area contributed by atoms with E-state index in [0.717, 1.165) is 77.1 Å². The summed E-state index contributed by atoms with van der Waals surface area (Å²) in [6, 6.07) is 68.5. The highest BCUT2D eigenvalue weighted by molar-refractivity contribution is 6.15. The minimum absolute atomic E-state index is 0.615. The third-order valence-corrected chi connectivity index (χ3v) is 11.7. The van der Waals surface area contributed by atoms with Gasteiger partial charge in [-0.15, -0.1) is 0 Å². The summed E-state index contributed by atoms with van der Waals surface area (Å²) in [5.74, 6) is 1.87. The van der Waals surface area contributed by atoms with Crippen molar-refractivity contribution < 1.29 is 4.42 Å². The molecule has 0 saturated heterocycles. The number of rotatable bonds is 5. The largest absolute Gasteiger partial charge is 0.456 e. The summed E-state index contributed by atoms with van der Waals surface area (Å²) in [6.07, 6.45) is 0. The van der Waals surface area contributed by atoms with Crippen LogP contribution in [0.3, 0.4) is 0 Å². The van der Waals surface area contributed by atoms with Crippen LogP contribution in [0.5, 0.6) is 0 Å². The number of furan rings is 1. The van der Waals surface area contributed by atoms with Crippen molar-refractivity contribution in [3.8, 4) is 45.0 Å². The minimum atomic E-state index is -1.06. The Morgan fingerprint density at radius 1 is 0.404 bits per heavy atom. The van der Waals surface area contributed by atoms with E-state index in [1.807, 2.05) is 30.3 Å². The summed E-state index contributed by atoms with van der Waals surface area (Å²) in [5.41, 5.74) is 11.3. The third kappa shape index (κ3) is 4.60. The molecule has 1 unspecified atom stereocenters. The van der Waals surface area contributed by atoms with Gasteiger partial charge in [0, 0.05) is 38.2 Å². The molecule has 8 aromatic carbocycles. The highest BCUT2D eigenvalue weighted by atomic mass is 16.3. The van der Waals surface area contributed by atoms with Crippen LogP contribution in [0.4, 0.5) is 0 Å². The molecule has 0 saturated carbocycles. The zero-order valence-electron chi connectivity index (χ0n) is 30.7. The summed E-state index contributed by atoms with van der Waals surface area (Å²) < 4.78 is 9.17. The van der Waals surface area contributed by atoms with E-state index in [-0.39, 0.29) is 0 Å². The molecule has 1 aliphatic heterocycles. The van der Waals surface area contributed by atoms with Crippen molar-refractivity contribution in [3.05, 3.63) is 211 Å². The van der Waals surface area contributed by atoms with Crippen molar-refractivity contribution in [1.29, 1.82) is 0 Å². The first-order valence-electron chi connectivity index (χ1n) is 19.3. The van der Waals surface area contributed by atoms with Crippen LogP contribution in [0, 0.1) is 0 Å². The molecule has 3 aromatic heterocycles. The average molecular weight is 729 g/mol. The van der Waals surface area contributed by atoms with Crippen LogP contribution in [0.2, 0.25) is 0 Å². The molecule has 4 heterocycles. The normalized spacial score (nSPS) is 14.7. The van der Waals surface area contributed by atoms with Gasteiger partial charge < -0.3 is 8.98 Å². The maximum atomic E-state index is 6.70. The van der Waals surface area contributed by atoms with Crippen molar-refractivity contribution in [1.82, 2.24) is 19.5 Å². The first kappa shape index (κ1) is 31.7. The molecule has 0 aliphatic carbocycles. The molecule has 0 amide bonds. The first-order chi connectivity index (χ1) is 28.3. The molecule has 1 atom stereocenters. The Labute approximate surface area is 328 Å². The van der Waals surface area contributed by atoms with Crippen LogP contribution in [0.15, 0.2) is 199 Å². The number of nitrogens with zero attached hydrogens (tertiary/aromatic N) is 4. The third-order valence-electron chi connectivity index (χ3n) is 11.7. The minimum Gasteiger partial charge on any atom is -0.456 e. The van der Waals surface area contributed by atoms with Gasteiger partial charge in [-0.3, -0.25) is 0 Å². The van der Waals surface area contributed by atoms with Crippen LogP contribution in [0.1, 0.15) is 17.0 Å². The van der Waals surface area contributed by atoms with Gasteiger partial charge in [0.05, 0.1) is 11.0 Å². The quantitative estimate of drug-likeness (QED) is 0.177. The molecule has 0 N–H and O–H groups in total. The van der Waals surface area contributed by atoms with Crippen LogP contribution in [-0.4, -0.2) is 19.5 Å². The lowest BCUT2D eigenvalue weighted by Gasteiger charge is -2.38. The first-order valence-corrected chi connectivity index (χ1v) is 19.3. The van der Waals surface area contributed by atoms with E-state index >= 15 is 0 Å². The highest BCUT2D eigenvalue weighted by Crippen LogP contribution is 2.51. The number of hydrogen-bond acceptors (Lipinski definition) is 4. The Bertz CT molecular complexity index is 3330. The van der Waals surface area contributed by atoms with Gasteiger partial charge in [-0.2, -0.15) is 0 Å². The van der Waals surface area contributed by atoms with Crippen LogP contribution in [-0.2, 0) is 5.54 Å². The fraction of sp³-hybridized carbons (Fsp3) is 0.0192. The fourth-order valence-corrected chi connectivity index (χ4v) is 9.16. The van der Waals surface area contributed by atoms with Crippen molar-refractivity contribution >= 4 is 43.7 Å². The van der Waals surface area contributed by atoms with E-state index in [4.69, 9.17) is 19.4 Å². The van der Waals surface area contributed by atoms with Gasteiger partial charge >= 0.3 is 0 Å². The van der Waals surface area contributed by atoms with Gasteiger partial charge in [0.2, 0.25) is 0 Å². The molecule has 11 aromatic rings. The highest BCUT2D eigenvalue weighted by Gasteiger charge is 2.47. The van der Waals surface area contributed by atoms with E-state index in [1.165, 1.54) is 11.1 Å². The topological polar surface area (TPSA) is 56.7 Å². The molecule has 1 aliphatic rings. The summed E-state index contributed by atoms with van der Waals surface area (Å²) in [4.78, 5) is 16.2. The van der Waals surface area contributed by atoms with Gasteiger partial charge in [0.15, 0.2) is 23.0 Å². The molecule has 2 bridgehead atoms. The van der Waals surface area contributed by atoms with Gasteiger partial charge in [0.25, 0.3) is 0 Å². The molecule has 5 heteroatoms. The monoisotopic (exact) mass is 728 g/mol.